The van der Waals surface area contributed by atoms with Crippen LogP contribution in [0.15, 0.2) is 42.5 Å². The number of carbonyl (C=O) groups is 1. The Balaban J connectivity index is 1.70. The number of nitrogens with zero attached hydrogens (tertiary/aromatic N) is 3. The van der Waals surface area contributed by atoms with E-state index in [1.54, 1.807) is 32.4 Å². The zero-order valence-electron chi connectivity index (χ0n) is 16.6. The first kappa shape index (κ1) is 19.0. The third kappa shape index (κ3) is 3.94. The number of aromatic nitrogens is 2. The van der Waals surface area contributed by atoms with E-state index in [1.165, 1.54) is 6.42 Å². The van der Waals surface area contributed by atoms with Crippen LogP contribution in [0.3, 0.4) is 0 Å². The molecular weight excluding hydrogens is 368 g/mol. The molecule has 1 aliphatic rings. The van der Waals surface area contributed by atoms with Gasteiger partial charge in [0.15, 0.2) is 23.0 Å². The predicted octanol–water partition coefficient (Wildman–Crippen LogP) is 3.89. The zero-order chi connectivity index (χ0) is 20.2. The number of hydrogen-bond donors (Lipinski definition) is 1. The summed E-state index contributed by atoms with van der Waals surface area (Å²) in [5.41, 5.74) is 2.43. The Kier molecular flexibility index (Phi) is 5.46. The summed E-state index contributed by atoms with van der Waals surface area (Å²) >= 11 is 0. The molecule has 0 spiro atoms. The fraction of sp³-hybridized carbons (Fsp3) is 0.318. The van der Waals surface area contributed by atoms with Crippen molar-refractivity contribution in [1.29, 1.82) is 0 Å². The molecule has 7 nitrogen and oxygen atoms in total. The Morgan fingerprint density at radius 1 is 0.931 bits per heavy atom. The zero-order valence-corrected chi connectivity index (χ0v) is 16.6. The van der Waals surface area contributed by atoms with Gasteiger partial charge < -0.3 is 19.7 Å². The molecule has 2 aromatic carbocycles. The third-order valence-electron chi connectivity index (χ3n) is 5.06. The number of benzene rings is 2. The maximum absolute atomic E-state index is 13.2. The van der Waals surface area contributed by atoms with Gasteiger partial charge in [0.1, 0.15) is 0 Å². The van der Waals surface area contributed by atoms with E-state index >= 15 is 0 Å². The fourth-order valence-corrected chi connectivity index (χ4v) is 3.57. The minimum Gasteiger partial charge on any atom is -0.493 e. The van der Waals surface area contributed by atoms with Crippen LogP contribution >= 0.6 is 0 Å². The van der Waals surface area contributed by atoms with Gasteiger partial charge in [-0.2, -0.15) is 0 Å². The van der Waals surface area contributed by atoms with Gasteiger partial charge in [-0.3, -0.25) is 4.79 Å². The van der Waals surface area contributed by atoms with E-state index in [4.69, 9.17) is 14.5 Å². The lowest BCUT2D eigenvalue weighted by atomic mass is 10.1. The highest BCUT2D eigenvalue weighted by Crippen LogP contribution is 2.30. The Morgan fingerprint density at radius 3 is 2.31 bits per heavy atom. The average molecular weight is 392 g/mol. The summed E-state index contributed by atoms with van der Waals surface area (Å²) in [4.78, 5) is 24.8. The standard InChI is InChI=1S/C22H24N4O3/c1-28-18-11-10-15(14-19(18)29-2)23-22(27)20-21(26-12-6-3-7-13-26)25-17-9-5-4-8-16(17)24-20/h4-5,8-11,14H,3,6-7,12-13H2,1-2H3,(H,23,27). The lowest BCUT2D eigenvalue weighted by Crippen LogP contribution is -2.33. The molecule has 0 radical (unpaired) electrons. The van der Waals surface area contributed by atoms with E-state index in [0.717, 1.165) is 31.4 Å². The number of anilines is 2. The first-order valence-electron chi connectivity index (χ1n) is 9.74. The Morgan fingerprint density at radius 2 is 1.62 bits per heavy atom. The first-order valence-corrected chi connectivity index (χ1v) is 9.74. The molecule has 150 valence electrons. The highest BCUT2D eigenvalue weighted by atomic mass is 16.5. The topological polar surface area (TPSA) is 76.6 Å². The summed E-state index contributed by atoms with van der Waals surface area (Å²) in [6.45, 7) is 1.76. The quantitative estimate of drug-likeness (QED) is 0.710. The molecule has 2 heterocycles. The second kappa shape index (κ2) is 8.34. The van der Waals surface area contributed by atoms with Crippen molar-refractivity contribution in [1.82, 2.24) is 9.97 Å². The molecule has 0 bridgehead atoms. The van der Waals surface area contributed by atoms with E-state index < -0.39 is 0 Å². The normalized spacial score (nSPS) is 13.9. The van der Waals surface area contributed by atoms with Gasteiger partial charge >= 0.3 is 0 Å². The first-order chi connectivity index (χ1) is 14.2. The van der Waals surface area contributed by atoms with Crippen molar-refractivity contribution in [3.8, 4) is 11.5 Å². The summed E-state index contributed by atoms with van der Waals surface area (Å²) in [5.74, 6) is 1.49. The summed E-state index contributed by atoms with van der Waals surface area (Å²) in [6.07, 6.45) is 3.38. The average Bonchev–Trinajstić information content (AvgIpc) is 2.78. The third-order valence-corrected chi connectivity index (χ3v) is 5.06. The van der Waals surface area contributed by atoms with Crippen LogP contribution in [0.2, 0.25) is 0 Å². The van der Waals surface area contributed by atoms with E-state index in [-0.39, 0.29) is 5.91 Å². The SMILES string of the molecule is COc1ccc(NC(=O)c2nc3ccccc3nc2N2CCCCC2)cc1OC. The van der Waals surface area contributed by atoms with Gasteiger partial charge in [-0.15, -0.1) is 0 Å². The molecule has 1 aromatic heterocycles. The Labute approximate surface area is 169 Å². The number of para-hydroxylation sites is 2. The summed E-state index contributed by atoms with van der Waals surface area (Å²) < 4.78 is 10.6. The number of rotatable bonds is 5. The highest BCUT2D eigenvalue weighted by molar-refractivity contribution is 6.07. The molecule has 4 rings (SSSR count). The maximum Gasteiger partial charge on any atom is 0.278 e. The second-order valence-corrected chi connectivity index (χ2v) is 6.96. The van der Waals surface area contributed by atoms with Crippen molar-refractivity contribution < 1.29 is 14.3 Å². The van der Waals surface area contributed by atoms with Crippen molar-refractivity contribution in [3.05, 3.63) is 48.2 Å². The van der Waals surface area contributed by atoms with E-state index in [1.807, 2.05) is 24.3 Å². The van der Waals surface area contributed by atoms with Crippen LogP contribution in [-0.4, -0.2) is 43.2 Å². The largest absolute Gasteiger partial charge is 0.493 e. The van der Waals surface area contributed by atoms with Crippen molar-refractivity contribution in [3.63, 3.8) is 0 Å². The number of amides is 1. The number of fused-ring (bicyclic) bond motifs is 1. The van der Waals surface area contributed by atoms with Crippen LogP contribution < -0.4 is 19.7 Å². The minimum atomic E-state index is -0.295. The molecule has 1 N–H and O–H groups in total. The second-order valence-electron chi connectivity index (χ2n) is 6.96. The van der Waals surface area contributed by atoms with Crippen molar-refractivity contribution in [2.75, 3.05) is 37.5 Å². The van der Waals surface area contributed by atoms with Gasteiger partial charge in [0.05, 0.1) is 25.3 Å². The number of methoxy groups -OCH3 is 2. The van der Waals surface area contributed by atoms with Gasteiger partial charge in [-0.1, -0.05) is 12.1 Å². The molecular formula is C22H24N4O3. The molecule has 1 amide bonds. The van der Waals surface area contributed by atoms with Crippen molar-refractivity contribution in [2.24, 2.45) is 0 Å². The number of piperidine rings is 1. The fourth-order valence-electron chi connectivity index (χ4n) is 3.57. The molecule has 3 aromatic rings. The van der Waals surface area contributed by atoms with Crippen LogP contribution in [0.4, 0.5) is 11.5 Å². The van der Waals surface area contributed by atoms with Crippen molar-refractivity contribution in [2.45, 2.75) is 19.3 Å². The summed E-state index contributed by atoms with van der Waals surface area (Å²) in [6, 6.07) is 12.9. The molecule has 0 saturated carbocycles. The van der Waals surface area contributed by atoms with E-state index in [9.17, 15) is 4.79 Å². The number of ether oxygens (including phenoxy) is 2. The molecule has 29 heavy (non-hydrogen) atoms. The van der Waals surface area contributed by atoms with Crippen LogP contribution in [0.1, 0.15) is 29.8 Å². The summed E-state index contributed by atoms with van der Waals surface area (Å²) in [5, 5.41) is 2.92. The molecule has 0 aliphatic carbocycles. The van der Waals surface area contributed by atoms with Crippen LogP contribution in [0.25, 0.3) is 11.0 Å². The van der Waals surface area contributed by atoms with Crippen LogP contribution in [-0.2, 0) is 0 Å². The predicted molar refractivity (Wildman–Crippen MR) is 113 cm³/mol. The van der Waals surface area contributed by atoms with Gasteiger partial charge in [0, 0.05) is 24.8 Å². The van der Waals surface area contributed by atoms with E-state index in [2.05, 4.69) is 15.2 Å². The molecule has 1 fully saturated rings. The van der Waals surface area contributed by atoms with Gasteiger partial charge in [0.25, 0.3) is 5.91 Å². The van der Waals surface area contributed by atoms with E-state index in [0.29, 0.717) is 34.2 Å². The lowest BCUT2D eigenvalue weighted by Gasteiger charge is -2.29. The monoisotopic (exact) mass is 392 g/mol. The molecule has 1 aliphatic heterocycles. The van der Waals surface area contributed by atoms with Crippen molar-refractivity contribution >= 4 is 28.4 Å². The van der Waals surface area contributed by atoms with Crippen LogP contribution in [0.5, 0.6) is 11.5 Å². The molecule has 7 heteroatoms. The van der Waals surface area contributed by atoms with Gasteiger partial charge in [0.2, 0.25) is 0 Å². The molecule has 0 unspecified atom stereocenters. The Bertz CT molecular complexity index is 1030. The number of carbonyl (C=O) groups excluding carboxylic acids is 1. The van der Waals surface area contributed by atoms with Gasteiger partial charge in [-0.25, -0.2) is 9.97 Å². The smallest absolute Gasteiger partial charge is 0.278 e. The van der Waals surface area contributed by atoms with Crippen LogP contribution in [0, 0.1) is 0 Å². The lowest BCUT2D eigenvalue weighted by molar-refractivity contribution is 0.102. The number of nitrogens with one attached hydrogen (secondary N) is 1. The molecule has 0 atom stereocenters. The summed E-state index contributed by atoms with van der Waals surface area (Å²) in [7, 11) is 3.14. The maximum atomic E-state index is 13.2. The highest BCUT2D eigenvalue weighted by Gasteiger charge is 2.23. The van der Waals surface area contributed by atoms with Gasteiger partial charge in [-0.05, 0) is 43.5 Å². The Hall–Kier alpha value is -3.35. The number of hydrogen-bond acceptors (Lipinski definition) is 6. The molecule has 1 saturated heterocycles. The minimum absolute atomic E-state index is 0.295.